The fourth-order valence-electron chi connectivity index (χ4n) is 1.47. The fourth-order valence-corrected chi connectivity index (χ4v) is 2.16. The van der Waals surface area contributed by atoms with Crippen LogP contribution in [0, 0.1) is 0 Å². The molecule has 3 heteroatoms. The van der Waals surface area contributed by atoms with E-state index in [4.69, 9.17) is 0 Å². The molecule has 0 aliphatic rings. The van der Waals surface area contributed by atoms with Gasteiger partial charge in [0.05, 0.1) is 11.7 Å². The topological polar surface area (TPSA) is 24.9 Å². The number of thiophene rings is 1. The van der Waals surface area contributed by atoms with Crippen molar-refractivity contribution >= 4 is 11.3 Å². The van der Waals surface area contributed by atoms with Gasteiger partial charge >= 0.3 is 0 Å². The molecule has 2 aromatic rings. The highest BCUT2D eigenvalue weighted by Gasteiger charge is 2.12. The summed E-state index contributed by atoms with van der Waals surface area (Å²) in [6.45, 7) is 0. The van der Waals surface area contributed by atoms with E-state index in [1.807, 2.05) is 31.4 Å². The standard InChI is InChI=1S/C11H12N2S/c1-12-11(9-5-7-14-8-9)10-4-2-3-6-13-10/h2-8,11-12H,1H3. The van der Waals surface area contributed by atoms with Gasteiger partial charge in [-0.15, -0.1) is 0 Å². The molecule has 1 unspecified atom stereocenters. The molecule has 1 atom stereocenters. The van der Waals surface area contributed by atoms with Crippen molar-refractivity contribution in [3.63, 3.8) is 0 Å². The Kier molecular flexibility index (Phi) is 2.91. The summed E-state index contributed by atoms with van der Waals surface area (Å²) in [5.74, 6) is 0. The third-order valence-corrected chi connectivity index (χ3v) is 2.85. The van der Waals surface area contributed by atoms with E-state index in [1.165, 1.54) is 5.56 Å². The first-order valence-corrected chi connectivity index (χ1v) is 5.46. The van der Waals surface area contributed by atoms with Crippen LogP contribution < -0.4 is 5.32 Å². The van der Waals surface area contributed by atoms with E-state index in [-0.39, 0.29) is 6.04 Å². The average Bonchev–Trinajstić information content (AvgIpc) is 2.74. The first-order chi connectivity index (χ1) is 6.92. The van der Waals surface area contributed by atoms with E-state index in [0.29, 0.717) is 0 Å². The van der Waals surface area contributed by atoms with Gasteiger partial charge in [-0.05, 0) is 41.6 Å². The van der Waals surface area contributed by atoms with Crippen LogP contribution in [0.4, 0.5) is 0 Å². The predicted octanol–water partition coefficient (Wildman–Crippen LogP) is 2.45. The van der Waals surface area contributed by atoms with Crippen molar-refractivity contribution in [3.8, 4) is 0 Å². The van der Waals surface area contributed by atoms with Crippen LogP contribution in [0.2, 0.25) is 0 Å². The number of hydrogen-bond acceptors (Lipinski definition) is 3. The highest BCUT2D eigenvalue weighted by Crippen LogP contribution is 2.21. The molecular formula is C11H12N2S. The Labute approximate surface area is 87.6 Å². The Morgan fingerprint density at radius 1 is 1.36 bits per heavy atom. The Bertz CT molecular complexity index is 369. The van der Waals surface area contributed by atoms with Crippen molar-refractivity contribution in [2.24, 2.45) is 0 Å². The Morgan fingerprint density at radius 2 is 2.29 bits per heavy atom. The van der Waals surface area contributed by atoms with Crippen LogP contribution in [-0.4, -0.2) is 12.0 Å². The van der Waals surface area contributed by atoms with Gasteiger partial charge < -0.3 is 5.32 Å². The van der Waals surface area contributed by atoms with E-state index in [1.54, 1.807) is 11.3 Å². The zero-order valence-corrected chi connectivity index (χ0v) is 8.79. The molecule has 0 amide bonds. The van der Waals surface area contributed by atoms with Crippen molar-refractivity contribution in [2.45, 2.75) is 6.04 Å². The van der Waals surface area contributed by atoms with Crippen molar-refractivity contribution < 1.29 is 0 Å². The van der Waals surface area contributed by atoms with Crippen molar-refractivity contribution in [1.82, 2.24) is 10.3 Å². The molecule has 0 spiro atoms. The number of pyridine rings is 1. The van der Waals surface area contributed by atoms with Crippen molar-refractivity contribution in [3.05, 3.63) is 52.5 Å². The monoisotopic (exact) mass is 204 g/mol. The van der Waals surface area contributed by atoms with Crippen LogP contribution in [0.5, 0.6) is 0 Å². The lowest BCUT2D eigenvalue weighted by Gasteiger charge is -2.13. The van der Waals surface area contributed by atoms with Gasteiger partial charge in [-0.25, -0.2) is 0 Å². The first kappa shape index (κ1) is 9.37. The first-order valence-electron chi connectivity index (χ1n) is 4.52. The molecule has 0 aliphatic carbocycles. The second kappa shape index (κ2) is 4.35. The number of nitrogens with zero attached hydrogens (tertiary/aromatic N) is 1. The molecule has 0 radical (unpaired) electrons. The van der Waals surface area contributed by atoms with E-state index < -0.39 is 0 Å². The van der Waals surface area contributed by atoms with Gasteiger partial charge in [0.2, 0.25) is 0 Å². The minimum Gasteiger partial charge on any atom is -0.308 e. The van der Waals surface area contributed by atoms with Crippen LogP contribution in [0.25, 0.3) is 0 Å². The maximum absolute atomic E-state index is 4.35. The van der Waals surface area contributed by atoms with Gasteiger partial charge in [0.1, 0.15) is 0 Å². The largest absolute Gasteiger partial charge is 0.308 e. The summed E-state index contributed by atoms with van der Waals surface area (Å²) < 4.78 is 0. The van der Waals surface area contributed by atoms with E-state index >= 15 is 0 Å². The Balaban J connectivity index is 2.31. The second-order valence-corrected chi connectivity index (χ2v) is 3.81. The molecule has 0 saturated heterocycles. The van der Waals surface area contributed by atoms with Crippen LogP contribution in [0.1, 0.15) is 17.3 Å². The summed E-state index contributed by atoms with van der Waals surface area (Å²) in [6.07, 6.45) is 1.83. The molecule has 2 rings (SSSR count). The number of aromatic nitrogens is 1. The third kappa shape index (κ3) is 1.84. The molecule has 14 heavy (non-hydrogen) atoms. The van der Waals surface area contributed by atoms with Crippen LogP contribution in [0.3, 0.4) is 0 Å². The minimum absolute atomic E-state index is 0.211. The highest BCUT2D eigenvalue weighted by molar-refractivity contribution is 7.08. The number of nitrogens with one attached hydrogen (secondary N) is 1. The molecule has 0 bridgehead atoms. The lowest BCUT2D eigenvalue weighted by molar-refractivity contribution is 0.673. The molecule has 2 heterocycles. The smallest absolute Gasteiger partial charge is 0.0757 e. The molecule has 72 valence electrons. The highest BCUT2D eigenvalue weighted by atomic mass is 32.1. The van der Waals surface area contributed by atoms with Crippen LogP contribution >= 0.6 is 11.3 Å². The van der Waals surface area contributed by atoms with Gasteiger partial charge in [0.15, 0.2) is 0 Å². The van der Waals surface area contributed by atoms with Gasteiger partial charge in [-0.1, -0.05) is 6.07 Å². The zero-order valence-electron chi connectivity index (χ0n) is 7.97. The molecule has 0 aromatic carbocycles. The van der Waals surface area contributed by atoms with Gasteiger partial charge in [-0.2, -0.15) is 11.3 Å². The summed E-state index contributed by atoms with van der Waals surface area (Å²) in [6, 6.07) is 8.32. The minimum atomic E-state index is 0.211. The average molecular weight is 204 g/mol. The molecule has 0 aliphatic heterocycles. The van der Waals surface area contributed by atoms with Gasteiger partial charge in [-0.3, -0.25) is 4.98 Å². The van der Waals surface area contributed by atoms with Crippen molar-refractivity contribution in [1.29, 1.82) is 0 Å². The maximum Gasteiger partial charge on any atom is 0.0757 e. The third-order valence-electron chi connectivity index (χ3n) is 2.15. The molecule has 0 saturated carbocycles. The maximum atomic E-state index is 4.35. The Morgan fingerprint density at radius 3 is 2.86 bits per heavy atom. The lowest BCUT2D eigenvalue weighted by Crippen LogP contribution is -2.17. The quantitative estimate of drug-likeness (QED) is 0.830. The van der Waals surface area contributed by atoms with E-state index in [0.717, 1.165) is 5.69 Å². The number of hydrogen-bond donors (Lipinski definition) is 1. The Hall–Kier alpha value is -1.19. The van der Waals surface area contributed by atoms with Gasteiger partial charge in [0.25, 0.3) is 0 Å². The van der Waals surface area contributed by atoms with Crippen molar-refractivity contribution in [2.75, 3.05) is 7.05 Å². The van der Waals surface area contributed by atoms with E-state index in [9.17, 15) is 0 Å². The lowest BCUT2D eigenvalue weighted by atomic mass is 10.1. The molecule has 2 nitrogen and oxygen atoms in total. The molecular weight excluding hydrogens is 192 g/mol. The van der Waals surface area contributed by atoms with Crippen LogP contribution in [0.15, 0.2) is 41.2 Å². The number of rotatable bonds is 3. The SMILES string of the molecule is CNC(c1ccsc1)c1ccccn1. The molecule has 2 aromatic heterocycles. The summed E-state index contributed by atoms with van der Waals surface area (Å²) in [4.78, 5) is 4.35. The summed E-state index contributed by atoms with van der Waals surface area (Å²) in [7, 11) is 1.96. The van der Waals surface area contributed by atoms with E-state index in [2.05, 4.69) is 27.1 Å². The normalized spacial score (nSPS) is 12.6. The molecule has 1 N–H and O–H groups in total. The predicted molar refractivity (Wildman–Crippen MR) is 59.5 cm³/mol. The fraction of sp³-hybridized carbons (Fsp3) is 0.182. The second-order valence-electron chi connectivity index (χ2n) is 3.03. The summed E-state index contributed by atoms with van der Waals surface area (Å²) in [5.41, 5.74) is 2.34. The zero-order chi connectivity index (χ0) is 9.80. The summed E-state index contributed by atoms with van der Waals surface area (Å²) in [5, 5.41) is 7.50. The van der Waals surface area contributed by atoms with Crippen LogP contribution in [-0.2, 0) is 0 Å². The molecule has 0 fully saturated rings. The summed E-state index contributed by atoms with van der Waals surface area (Å²) >= 11 is 1.71. The van der Waals surface area contributed by atoms with Gasteiger partial charge in [0, 0.05) is 6.20 Å².